The van der Waals surface area contributed by atoms with E-state index >= 15 is 0 Å². The Labute approximate surface area is 98.6 Å². The maximum absolute atomic E-state index is 5.63. The summed E-state index contributed by atoms with van der Waals surface area (Å²) < 4.78 is 10.7. The Kier molecular flexibility index (Phi) is 4.81. The molecule has 0 aromatic heterocycles. The van der Waals surface area contributed by atoms with Gasteiger partial charge in [0.25, 0.3) is 0 Å². The first-order valence-electron chi connectivity index (χ1n) is 5.72. The van der Waals surface area contributed by atoms with Crippen molar-refractivity contribution in [3.63, 3.8) is 0 Å². The number of methoxy groups -OCH3 is 1. The molecule has 0 aliphatic heterocycles. The van der Waals surface area contributed by atoms with Gasteiger partial charge in [-0.25, -0.2) is 0 Å². The van der Waals surface area contributed by atoms with Gasteiger partial charge in [0.15, 0.2) is 0 Å². The number of hydrogen-bond donors (Lipinski definition) is 0. The third-order valence-corrected chi connectivity index (χ3v) is 2.42. The van der Waals surface area contributed by atoms with Crippen molar-refractivity contribution in [2.45, 2.75) is 33.8 Å². The molecule has 0 atom stereocenters. The quantitative estimate of drug-likeness (QED) is 0.708. The molecule has 0 N–H and O–H groups in total. The van der Waals surface area contributed by atoms with Crippen LogP contribution in [0.3, 0.4) is 0 Å². The minimum atomic E-state index is 0.347. The lowest BCUT2D eigenvalue weighted by atomic mass is 9.93. The number of ether oxygens (including phenoxy) is 2. The predicted octanol–water partition coefficient (Wildman–Crippen LogP) is 3.65. The van der Waals surface area contributed by atoms with Gasteiger partial charge in [-0.3, -0.25) is 0 Å². The van der Waals surface area contributed by atoms with Gasteiger partial charge in [0.2, 0.25) is 0 Å². The molecule has 0 aliphatic carbocycles. The summed E-state index contributed by atoms with van der Waals surface area (Å²) in [5, 5.41) is 0. The highest BCUT2D eigenvalue weighted by molar-refractivity contribution is 5.26. The second-order valence-electron chi connectivity index (χ2n) is 5.21. The predicted molar refractivity (Wildman–Crippen MR) is 66.7 cm³/mol. The van der Waals surface area contributed by atoms with Gasteiger partial charge in [-0.05, 0) is 29.5 Å². The van der Waals surface area contributed by atoms with Gasteiger partial charge in [0.1, 0.15) is 5.75 Å². The number of hydrogen-bond acceptors (Lipinski definition) is 2. The Balaban J connectivity index is 2.27. The topological polar surface area (TPSA) is 18.5 Å². The summed E-state index contributed by atoms with van der Waals surface area (Å²) in [7, 11) is 1.68. The summed E-state index contributed by atoms with van der Waals surface area (Å²) in [6.07, 6.45) is 1.09. The maximum atomic E-state index is 5.63. The van der Waals surface area contributed by atoms with E-state index in [-0.39, 0.29) is 0 Å². The van der Waals surface area contributed by atoms with Crippen molar-refractivity contribution in [3.8, 4) is 5.75 Å². The molecule has 0 spiro atoms. The molecule has 0 fully saturated rings. The van der Waals surface area contributed by atoms with E-state index in [2.05, 4.69) is 20.8 Å². The fourth-order valence-electron chi connectivity index (χ4n) is 1.29. The molecule has 0 heterocycles. The first-order valence-corrected chi connectivity index (χ1v) is 5.72. The van der Waals surface area contributed by atoms with Crippen LogP contribution in [0, 0.1) is 5.41 Å². The summed E-state index contributed by atoms with van der Waals surface area (Å²) in [5.74, 6) is 0.887. The van der Waals surface area contributed by atoms with Crippen molar-refractivity contribution in [1.29, 1.82) is 0 Å². The van der Waals surface area contributed by atoms with Crippen LogP contribution in [0.5, 0.6) is 5.75 Å². The lowest BCUT2D eigenvalue weighted by Gasteiger charge is -2.17. The smallest absolute Gasteiger partial charge is 0.118 e. The van der Waals surface area contributed by atoms with Crippen molar-refractivity contribution in [1.82, 2.24) is 0 Å². The fourth-order valence-corrected chi connectivity index (χ4v) is 1.29. The lowest BCUT2D eigenvalue weighted by molar-refractivity contribution is 0.0962. The summed E-state index contributed by atoms with van der Waals surface area (Å²) >= 11 is 0. The zero-order chi connectivity index (χ0) is 12.0. The highest BCUT2D eigenvalue weighted by Crippen LogP contribution is 2.18. The Morgan fingerprint density at radius 1 is 1.06 bits per heavy atom. The van der Waals surface area contributed by atoms with Crippen LogP contribution in [-0.2, 0) is 11.3 Å². The number of rotatable bonds is 5. The molecule has 16 heavy (non-hydrogen) atoms. The van der Waals surface area contributed by atoms with Crippen LogP contribution < -0.4 is 4.74 Å². The maximum Gasteiger partial charge on any atom is 0.118 e. The molecule has 0 bridgehead atoms. The molecule has 0 saturated carbocycles. The molecule has 0 saturated heterocycles. The van der Waals surface area contributed by atoms with Gasteiger partial charge < -0.3 is 9.47 Å². The van der Waals surface area contributed by atoms with Gasteiger partial charge >= 0.3 is 0 Å². The largest absolute Gasteiger partial charge is 0.497 e. The van der Waals surface area contributed by atoms with Gasteiger partial charge in [-0.2, -0.15) is 0 Å². The third-order valence-electron chi connectivity index (χ3n) is 2.42. The Morgan fingerprint density at radius 3 is 2.19 bits per heavy atom. The van der Waals surface area contributed by atoms with Gasteiger partial charge in [0, 0.05) is 6.61 Å². The van der Waals surface area contributed by atoms with Crippen molar-refractivity contribution in [3.05, 3.63) is 29.8 Å². The molecular formula is C14H22O2. The third kappa shape index (κ3) is 5.17. The van der Waals surface area contributed by atoms with Crippen molar-refractivity contribution >= 4 is 0 Å². The molecule has 2 heteroatoms. The van der Waals surface area contributed by atoms with E-state index in [0.717, 1.165) is 18.8 Å². The van der Waals surface area contributed by atoms with Crippen LogP contribution >= 0.6 is 0 Å². The van der Waals surface area contributed by atoms with E-state index in [0.29, 0.717) is 12.0 Å². The zero-order valence-corrected chi connectivity index (χ0v) is 10.7. The van der Waals surface area contributed by atoms with E-state index in [4.69, 9.17) is 9.47 Å². The van der Waals surface area contributed by atoms with Crippen molar-refractivity contribution < 1.29 is 9.47 Å². The van der Waals surface area contributed by atoms with Crippen molar-refractivity contribution in [2.75, 3.05) is 13.7 Å². The van der Waals surface area contributed by atoms with Crippen LogP contribution in [0.15, 0.2) is 24.3 Å². The summed E-state index contributed by atoms with van der Waals surface area (Å²) in [4.78, 5) is 0. The Bertz CT molecular complexity index is 296. The van der Waals surface area contributed by atoms with E-state index in [1.54, 1.807) is 7.11 Å². The average Bonchev–Trinajstić information content (AvgIpc) is 2.24. The molecule has 0 radical (unpaired) electrons. The van der Waals surface area contributed by atoms with Gasteiger partial charge in [0.05, 0.1) is 13.7 Å². The molecule has 90 valence electrons. The van der Waals surface area contributed by atoms with Crippen molar-refractivity contribution in [2.24, 2.45) is 5.41 Å². The van der Waals surface area contributed by atoms with E-state index in [1.807, 2.05) is 24.3 Å². The summed E-state index contributed by atoms with van der Waals surface area (Å²) in [6, 6.07) is 8.00. The standard InChI is InChI=1S/C14H22O2/c1-14(2,3)9-10-16-11-12-5-7-13(15-4)8-6-12/h5-8H,9-11H2,1-4H3. The first kappa shape index (κ1) is 13.0. The molecule has 2 nitrogen and oxygen atoms in total. The highest BCUT2D eigenvalue weighted by Gasteiger charge is 2.09. The molecule has 0 unspecified atom stereocenters. The monoisotopic (exact) mass is 222 g/mol. The molecule has 1 aromatic carbocycles. The normalized spacial score (nSPS) is 11.5. The molecule has 0 amide bonds. The van der Waals surface area contributed by atoms with Crippen LogP contribution in [0.2, 0.25) is 0 Å². The Morgan fingerprint density at radius 2 is 1.69 bits per heavy atom. The fraction of sp³-hybridized carbons (Fsp3) is 0.571. The zero-order valence-electron chi connectivity index (χ0n) is 10.7. The van der Waals surface area contributed by atoms with Crippen LogP contribution in [0.25, 0.3) is 0 Å². The van der Waals surface area contributed by atoms with Gasteiger partial charge in [-0.15, -0.1) is 0 Å². The first-order chi connectivity index (χ1) is 7.51. The highest BCUT2D eigenvalue weighted by atomic mass is 16.5. The second kappa shape index (κ2) is 5.90. The van der Waals surface area contributed by atoms with E-state index in [9.17, 15) is 0 Å². The van der Waals surface area contributed by atoms with Crippen LogP contribution in [0.1, 0.15) is 32.8 Å². The van der Waals surface area contributed by atoms with Crippen LogP contribution in [0.4, 0.5) is 0 Å². The van der Waals surface area contributed by atoms with Gasteiger partial charge in [-0.1, -0.05) is 32.9 Å². The minimum absolute atomic E-state index is 0.347. The second-order valence-corrected chi connectivity index (χ2v) is 5.21. The van der Waals surface area contributed by atoms with E-state index < -0.39 is 0 Å². The SMILES string of the molecule is COc1ccc(COCCC(C)(C)C)cc1. The summed E-state index contributed by atoms with van der Waals surface area (Å²) in [5.41, 5.74) is 1.54. The molecule has 1 aromatic rings. The van der Waals surface area contributed by atoms with Crippen LogP contribution in [-0.4, -0.2) is 13.7 Å². The number of benzene rings is 1. The molecular weight excluding hydrogens is 200 g/mol. The lowest BCUT2D eigenvalue weighted by Crippen LogP contribution is -2.09. The minimum Gasteiger partial charge on any atom is -0.497 e. The Hall–Kier alpha value is -1.02. The average molecular weight is 222 g/mol. The molecule has 0 aliphatic rings. The molecule has 1 rings (SSSR count). The summed E-state index contributed by atoms with van der Waals surface area (Å²) in [6.45, 7) is 8.17. The van der Waals surface area contributed by atoms with E-state index in [1.165, 1.54) is 5.56 Å².